The first-order valence-corrected chi connectivity index (χ1v) is 4.57. The molecule has 3 nitrogen and oxygen atoms in total. The molecule has 0 atom stereocenters. The summed E-state index contributed by atoms with van der Waals surface area (Å²) in [5, 5.41) is 2.66. The van der Waals surface area contributed by atoms with E-state index in [1.54, 1.807) is 31.3 Å². The van der Waals surface area contributed by atoms with E-state index >= 15 is 0 Å². The molecule has 0 unspecified atom stereocenters. The van der Waals surface area contributed by atoms with E-state index in [1.165, 1.54) is 6.08 Å². The van der Waals surface area contributed by atoms with Crippen LogP contribution in [0.3, 0.4) is 0 Å². The molecule has 1 heterocycles. The summed E-state index contributed by atoms with van der Waals surface area (Å²) in [5.74, 6) is -0.147. The minimum Gasteiger partial charge on any atom is -0.321 e. The third-order valence-electron chi connectivity index (χ3n) is 1.31. The molecular formula is C9H9BrN2O. The van der Waals surface area contributed by atoms with Crippen molar-refractivity contribution >= 4 is 27.5 Å². The van der Waals surface area contributed by atoms with E-state index in [0.29, 0.717) is 5.69 Å². The van der Waals surface area contributed by atoms with Crippen LogP contribution in [0.25, 0.3) is 0 Å². The molecule has 13 heavy (non-hydrogen) atoms. The van der Waals surface area contributed by atoms with Gasteiger partial charge in [0.05, 0.1) is 11.9 Å². The van der Waals surface area contributed by atoms with Crippen LogP contribution in [0.15, 0.2) is 35.1 Å². The molecule has 0 aliphatic heterocycles. The number of hydrogen-bond donors (Lipinski definition) is 1. The number of anilines is 1. The molecule has 4 heteroatoms. The summed E-state index contributed by atoms with van der Waals surface area (Å²) < 4.78 is 0.747. The molecule has 0 saturated carbocycles. The standard InChI is InChI=1S/C9H9BrN2O/c1-2-3-9(13)12-7-4-5-8(10)11-6-7/h2-6H,1H3,(H,12,13)/b3-2+. The van der Waals surface area contributed by atoms with Gasteiger partial charge in [0.15, 0.2) is 0 Å². The molecule has 1 amide bonds. The van der Waals surface area contributed by atoms with E-state index in [-0.39, 0.29) is 5.91 Å². The van der Waals surface area contributed by atoms with E-state index < -0.39 is 0 Å². The van der Waals surface area contributed by atoms with Gasteiger partial charge in [-0.15, -0.1) is 0 Å². The number of carbonyl (C=O) groups excluding carboxylic acids is 1. The van der Waals surface area contributed by atoms with E-state index in [9.17, 15) is 4.79 Å². The zero-order valence-electron chi connectivity index (χ0n) is 7.12. The molecule has 1 aromatic rings. The number of hydrogen-bond acceptors (Lipinski definition) is 2. The fourth-order valence-corrected chi connectivity index (χ4v) is 1.02. The van der Waals surface area contributed by atoms with Crippen LogP contribution in [0.5, 0.6) is 0 Å². The van der Waals surface area contributed by atoms with Crippen LogP contribution in [0.2, 0.25) is 0 Å². The van der Waals surface area contributed by atoms with Crippen molar-refractivity contribution in [2.24, 2.45) is 0 Å². The lowest BCUT2D eigenvalue weighted by Crippen LogP contribution is -2.07. The fraction of sp³-hybridized carbons (Fsp3) is 0.111. The Labute approximate surface area is 85.0 Å². The Morgan fingerprint density at radius 2 is 2.38 bits per heavy atom. The number of carbonyl (C=O) groups is 1. The van der Waals surface area contributed by atoms with Crippen LogP contribution < -0.4 is 5.32 Å². The van der Waals surface area contributed by atoms with Crippen molar-refractivity contribution in [1.82, 2.24) is 4.98 Å². The summed E-state index contributed by atoms with van der Waals surface area (Å²) in [6.45, 7) is 1.79. The summed E-state index contributed by atoms with van der Waals surface area (Å²) in [6, 6.07) is 3.55. The van der Waals surface area contributed by atoms with Crippen LogP contribution in [-0.4, -0.2) is 10.9 Å². The topological polar surface area (TPSA) is 42.0 Å². The van der Waals surface area contributed by atoms with Crippen LogP contribution >= 0.6 is 15.9 Å². The minimum atomic E-state index is -0.147. The molecule has 0 aliphatic carbocycles. The van der Waals surface area contributed by atoms with Gasteiger partial charge in [0.1, 0.15) is 4.60 Å². The molecule has 1 aromatic heterocycles. The number of pyridine rings is 1. The predicted molar refractivity (Wildman–Crippen MR) is 55.4 cm³/mol. The highest BCUT2D eigenvalue weighted by Gasteiger charge is 1.96. The molecule has 68 valence electrons. The number of allylic oxidation sites excluding steroid dienone is 1. The van der Waals surface area contributed by atoms with Crippen LogP contribution in [0, 0.1) is 0 Å². The van der Waals surface area contributed by atoms with Crippen LogP contribution in [0.4, 0.5) is 5.69 Å². The van der Waals surface area contributed by atoms with E-state index in [4.69, 9.17) is 0 Å². The van der Waals surface area contributed by atoms with Gasteiger partial charge >= 0.3 is 0 Å². The van der Waals surface area contributed by atoms with Gasteiger partial charge in [-0.25, -0.2) is 4.98 Å². The normalized spacial score (nSPS) is 10.3. The number of nitrogens with zero attached hydrogens (tertiary/aromatic N) is 1. The summed E-state index contributed by atoms with van der Waals surface area (Å²) in [6.07, 6.45) is 4.73. The Morgan fingerprint density at radius 3 is 2.92 bits per heavy atom. The van der Waals surface area contributed by atoms with Crippen molar-refractivity contribution in [2.45, 2.75) is 6.92 Å². The fourth-order valence-electron chi connectivity index (χ4n) is 0.785. The number of nitrogens with one attached hydrogen (secondary N) is 1. The quantitative estimate of drug-likeness (QED) is 0.637. The highest BCUT2D eigenvalue weighted by atomic mass is 79.9. The lowest BCUT2D eigenvalue weighted by Gasteiger charge is -2.00. The zero-order valence-corrected chi connectivity index (χ0v) is 8.71. The highest BCUT2D eigenvalue weighted by molar-refractivity contribution is 9.10. The average molecular weight is 241 g/mol. The Balaban J connectivity index is 2.64. The van der Waals surface area contributed by atoms with Gasteiger partial charge in [0, 0.05) is 0 Å². The van der Waals surface area contributed by atoms with Crippen molar-refractivity contribution < 1.29 is 4.79 Å². The molecule has 0 aliphatic rings. The first-order valence-electron chi connectivity index (χ1n) is 3.77. The first-order chi connectivity index (χ1) is 6.22. The summed E-state index contributed by atoms with van der Waals surface area (Å²) in [7, 11) is 0. The lowest BCUT2D eigenvalue weighted by atomic mass is 10.4. The maximum Gasteiger partial charge on any atom is 0.248 e. The summed E-state index contributed by atoms with van der Waals surface area (Å²) >= 11 is 3.20. The molecule has 0 aromatic carbocycles. The zero-order chi connectivity index (χ0) is 9.68. The minimum absolute atomic E-state index is 0.147. The highest BCUT2D eigenvalue weighted by Crippen LogP contribution is 2.09. The van der Waals surface area contributed by atoms with E-state index in [0.717, 1.165) is 4.60 Å². The van der Waals surface area contributed by atoms with Crippen LogP contribution in [-0.2, 0) is 4.79 Å². The molecule has 0 radical (unpaired) electrons. The second-order valence-corrected chi connectivity index (χ2v) is 3.17. The molecular weight excluding hydrogens is 232 g/mol. The molecule has 1 N–H and O–H groups in total. The van der Waals surface area contributed by atoms with Crippen molar-refractivity contribution in [3.63, 3.8) is 0 Å². The monoisotopic (exact) mass is 240 g/mol. The van der Waals surface area contributed by atoms with Gasteiger partial charge in [-0.05, 0) is 41.1 Å². The largest absolute Gasteiger partial charge is 0.321 e. The van der Waals surface area contributed by atoms with Gasteiger partial charge in [-0.3, -0.25) is 4.79 Å². The Morgan fingerprint density at radius 1 is 1.62 bits per heavy atom. The number of amides is 1. The maximum absolute atomic E-state index is 11.1. The second kappa shape index (κ2) is 4.77. The molecule has 0 spiro atoms. The predicted octanol–water partition coefficient (Wildman–Crippen LogP) is 2.36. The third kappa shape index (κ3) is 3.38. The van der Waals surface area contributed by atoms with Gasteiger partial charge < -0.3 is 5.32 Å². The number of rotatable bonds is 2. The van der Waals surface area contributed by atoms with Crippen molar-refractivity contribution in [2.75, 3.05) is 5.32 Å². The maximum atomic E-state index is 11.1. The number of aromatic nitrogens is 1. The smallest absolute Gasteiger partial charge is 0.248 e. The Bertz CT molecular complexity index is 319. The lowest BCUT2D eigenvalue weighted by molar-refractivity contribution is -0.111. The first kappa shape index (κ1) is 9.92. The Kier molecular flexibility index (Phi) is 3.64. The number of halogens is 1. The Hall–Kier alpha value is -1.16. The van der Waals surface area contributed by atoms with Crippen molar-refractivity contribution in [3.8, 4) is 0 Å². The van der Waals surface area contributed by atoms with Crippen molar-refractivity contribution in [1.29, 1.82) is 0 Å². The SMILES string of the molecule is C/C=C/C(=O)Nc1ccc(Br)nc1. The van der Waals surface area contributed by atoms with Gasteiger partial charge in [0.25, 0.3) is 0 Å². The molecule has 0 bridgehead atoms. The van der Waals surface area contributed by atoms with E-state index in [1.807, 2.05) is 0 Å². The molecule has 1 rings (SSSR count). The second-order valence-electron chi connectivity index (χ2n) is 2.36. The molecule has 0 saturated heterocycles. The van der Waals surface area contributed by atoms with E-state index in [2.05, 4.69) is 26.2 Å². The average Bonchev–Trinajstić information content (AvgIpc) is 2.09. The summed E-state index contributed by atoms with van der Waals surface area (Å²) in [5.41, 5.74) is 0.686. The summed E-state index contributed by atoms with van der Waals surface area (Å²) in [4.78, 5) is 15.0. The molecule has 0 fully saturated rings. The van der Waals surface area contributed by atoms with Gasteiger partial charge in [-0.1, -0.05) is 6.08 Å². The van der Waals surface area contributed by atoms with Crippen LogP contribution in [0.1, 0.15) is 6.92 Å². The van der Waals surface area contributed by atoms with Gasteiger partial charge in [-0.2, -0.15) is 0 Å². The van der Waals surface area contributed by atoms with Gasteiger partial charge in [0.2, 0.25) is 5.91 Å². The third-order valence-corrected chi connectivity index (χ3v) is 1.78. The van der Waals surface area contributed by atoms with Crippen molar-refractivity contribution in [3.05, 3.63) is 35.1 Å².